The van der Waals surface area contributed by atoms with Crippen molar-refractivity contribution in [2.45, 2.75) is 45.6 Å². The minimum Gasteiger partial charge on any atom is -0.378 e. The van der Waals surface area contributed by atoms with E-state index in [1.165, 1.54) is 0 Å². The Kier molecular flexibility index (Phi) is 7.59. The summed E-state index contributed by atoms with van der Waals surface area (Å²) in [4.78, 5) is 0. The van der Waals surface area contributed by atoms with Gasteiger partial charge in [0.15, 0.2) is 0 Å². The van der Waals surface area contributed by atoms with Crippen LogP contribution in [0.15, 0.2) is 0 Å². The molecular weight excluding hydrogens is 224 g/mol. The van der Waals surface area contributed by atoms with Gasteiger partial charge in [0.25, 0.3) is 0 Å². The van der Waals surface area contributed by atoms with Crippen LogP contribution in [0.3, 0.4) is 0 Å². The summed E-state index contributed by atoms with van der Waals surface area (Å²) in [5.41, 5.74) is 0. The van der Waals surface area contributed by atoms with Gasteiger partial charge in [0, 0.05) is 17.3 Å². The molecule has 0 unspecified atom stereocenters. The van der Waals surface area contributed by atoms with Crippen LogP contribution < -0.4 is 0 Å². The van der Waals surface area contributed by atoms with Crippen molar-refractivity contribution in [3.8, 4) is 0 Å². The Morgan fingerprint density at radius 1 is 1.21 bits per heavy atom. The van der Waals surface area contributed by atoms with Gasteiger partial charge in [-0.15, -0.1) is 0 Å². The summed E-state index contributed by atoms with van der Waals surface area (Å²) in [7, 11) is 1.74. The third kappa shape index (κ3) is 8.78. The fourth-order valence-electron chi connectivity index (χ4n) is 1.15. The first kappa shape index (κ1) is 14.2. The summed E-state index contributed by atoms with van der Waals surface area (Å²) in [6.45, 7) is 4.79. The Hall–Kier alpha value is 0.200. The quantitative estimate of drug-likeness (QED) is 0.485. The van der Waals surface area contributed by atoms with Crippen molar-refractivity contribution in [3.05, 3.63) is 0 Å². The van der Waals surface area contributed by atoms with Crippen molar-refractivity contribution in [1.82, 2.24) is 0 Å². The summed E-state index contributed by atoms with van der Waals surface area (Å²) in [5.74, 6) is 0.0425. The minimum absolute atomic E-state index is 0.0425. The largest absolute Gasteiger partial charge is 0.378 e. The second kappa shape index (κ2) is 7.49. The first-order valence-electron chi connectivity index (χ1n) is 5.03. The van der Waals surface area contributed by atoms with Crippen LogP contribution in [-0.2, 0) is 13.8 Å². The lowest BCUT2D eigenvalue weighted by Gasteiger charge is -2.13. The van der Waals surface area contributed by atoms with Crippen molar-refractivity contribution in [2.75, 3.05) is 12.4 Å². The molecule has 0 bridgehead atoms. The van der Waals surface area contributed by atoms with Crippen LogP contribution >= 0.6 is 10.7 Å². The fourth-order valence-corrected chi connectivity index (χ4v) is 2.03. The average Bonchev–Trinajstić information content (AvgIpc) is 2.09. The highest BCUT2D eigenvalue weighted by Gasteiger charge is 2.05. The van der Waals surface area contributed by atoms with Crippen LogP contribution in [0.25, 0.3) is 0 Å². The van der Waals surface area contributed by atoms with Gasteiger partial charge in [-0.2, -0.15) is 0 Å². The summed E-state index contributed by atoms with van der Waals surface area (Å²) < 4.78 is 26.6. The molecule has 0 saturated heterocycles. The first-order chi connectivity index (χ1) is 6.49. The van der Waals surface area contributed by atoms with Crippen molar-refractivity contribution in [1.29, 1.82) is 0 Å². The van der Waals surface area contributed by atoms with Crippen molar-refractivity contribution < 1.29 is 13.2 Å². The number of hydrogen-bond donors (Lipinski definition) is 0. The van der Waals surface area contributed by atoms with E-state index in [1.54, 1.807) is 0 Å². The maximum atomic E-state index is 10.6. The third-order valence-corrected chi connectivity index (χ3v) is 3.29. The van der Waals surface area contributed by atoms with Gasteiger partial charge >= 0.3 is 0 Å². The first-order valence-corrected chi connectivity index (χ1v) is 7.51. The number of halogens is 1. The number of rotatable bonds is 8. The predicted octanol–water partition coefficient (Wildman–Crippen LogP) is 2.54. The molecule has 0 aliphatic carbocycles. The third-order valence-electron chi connectivity index (χ3n) is 2.05. The molecule has 0 rings (SSSR count). The van der Waals surface area contributed by atoms with Crippen LogP contribution in [0.1, 0.15) is 39.5 Å². The van der Waals surface area contributed by atoms with E-state index in [2.05, 4.69) is 13.8 Å². The van der Waals surface area contributed by atoms with E-state index in [4.69, 9.17) is 15.4 Å². The Bertz CT molecular complexity index is 222. The average molecular weight is 243 g/mol. The van der Waals surface area contributed by atoms with E-state index in [1.807, 2.05) is 0 Å². The lowest BCUT2D eigenvalue weighted by Crippen LogP contribution is -2.11. The highest BCUT2D eigenvalue weighted by atomic mass is 35.7. The minimum atomic E-state index is -3.32. The van der Waals surface area contributed by atoms with Crippen LogP contribution in [0.2, 0.25) is 0 Å². The SMILES string of the molecule is CCC(CC)OCCCCS(=O)(=O)Cl. The second-order valence-electron chi connectivity index (χ2n) is 3.26. The van der Waals surface area contributed by atoms with Crippen LogP contribution in [0.4, 0.5) is 0 Å². The smallest absolute Gasteiger partial charge is 0.232 e. The Balaban J connectivity index is 3.38. The van der Waals surface area contributed by atoms with Crippen LogP contribution in [-0.4, -0.2) is 26.9 Å². The number of unbranched alkanes of at least 4 members (excludes halogenated alkanes) is 1. The lowest BCUT2D eigenvalue weighted by molar-refractivity contribution is 0.0466. The summed E-state index contributed by atoms with van der Waals surface area (Å²) in [6.07, 6.45) is 3.64. The zero-order valence-corrected chi connectivity index (χ0v) is 10.4. The molecule has 86 valence electrons. The number of hydrogen-bond acceptors (Lipinski definition) is 3. The molecule has 0 spiro atoms. The molecule has 3 nitrogen and oxygen atoms in total. The van der Waals surface area contributed by atoms with Crippen molar-refractivity contribution >= 4 is 19.7 Å². The van der Waals surface area contributed by atoms with Gasteiger partial charge in [0.05, 0.1) is 11.9 Å². The summed E-state index contributed by atoms with van der Waals surface area (Å²) in [5, 5.41) is 0. The van der Waals surface area contributed by atoms with Gasteiger partial charge in [-0.05, 0) is 25.7 Å². The summed E-state index contributed by atoms with van der Waals surface area (Å²) >= 11 is 0. The topological polar surface area (TPSA) is 43.4 Å². The molecule has 14 heavy (non-hydrogen) atoms. The molecule has 0 fully saturated rings. The van der Waals surface area contributed by atoms with Gasteiger partial charge in [-0.3, -0.25) is 0 Å². The van der Waals surface area contributed by atoms with Crippen molar-refractivity contribution in [3.63, 3.8) is 0 Å². The molecule has 0 atom stereocenters. The van der Waals surface area contributed by atoms with E-state index in [-0.39, 0.29) is 5.75 Å². The summed E-state index contributed by atoms with van der Waals surface area (Å²) in [6, 6.07) is 0. The highest BCUT2D eigenvalue weighted by molar-refractivity contribution is 8.13. The Labute approximate surface area is 91.2 Å². The molecule has 5 heteroatoms. The van der Waals surface area contributed by atoms with E-state index < -0.39 is 9.05 Å². The van der Waals surface area contributed by atoms with Crippen molar-refractivity contribution in [2.24, 2.45) is 0 Å². The molecule has 0 aliphatic heterocycles. The normalized spacial score (nSPS) is 12.3. The molecule has 0 aromatic carbocycles. The van der Waals surface area contributed by atoms with Gasteiger partial charge in [-0.25, -0.2) is 8.42 Å². The Morgan fingerprint density at radius 3 is 2.21 bits per heavy atom. The molecule has 0 aromatic rings. The van der Waals surface area contributed by atoms with Crippen LogP contribution in [0, 0.1) is 0 Å². The van der Waals surface area contributed by atoms with Gasteiger partial charge in [0.2, 0.25) is 9.05 Å². The molecule has 0 amide bonds. The van der Waals surface area contributed by atoms with E-state index >= 15 is 0 Å². The molecule has 0 N–H and O–H groups in total. The molecule has 0 heterocycles. The molecule has 0 aromatic heterocycles. The van der Waals surface area contributed by atoms with Gasteiger partial charge in [-0.1, -0.05) is 13.8 Å². The van der Waals surface area contributed by atoms with E-state index in [0.29, 0.717) is 19.1 Å². The predicted molar refractivity (Wildman–Crippen MR) is 59.2 cm³/mol. The number of ether oxygens (including phenoxy) is 1. The molecule has 0 saturated carbocycles. The van der Waals surface area contributed by atoms with Crippen LogP contribution in [0.5, 0.6) is 0 Å². The monoisotopic (exact) mass is 242 g/mol. The fraction of sp³-hybridized carbons (Fsp3) is 1.00. The van der Waals surface area contributed by atoms with E-state index in [9.17, 15) is 8.42 Å². The maximum Gasteiger partial charge on any atom is 0.232 e. The highest BCUT2D eigenvalue weighted by Crippen LogP contribution is 2.06. The Morgan fingerprint density at radius 2 is 1.79 bits per heavy atom. The van der Waals surface area contributed by atoms with Gasteiger partial charge in [0.1, 0.15) is 0 Å². The second-order valence-corrected chi connectivity index (χ2v) is 6.16. The molecular formula is C9H19ClO3S. The lowest BCUT2D eigenvalue weighted by atomic mass is 10.2. The molecule has 0 aliphatic rings. The standard InChI is InChI=1S/C9H19ClO3S/c1-3-9(4-2)13-7-5-6-8-14(10,11)12/h9H,3-8H2,1-2H3. The zero-order chi connectivity index (χ0) is 11.0. The maximum absolute atomic E-state index is 10.6. The molecule has 0 radical (unpaired) electrons. The van der Waals surface area contributed by atoms with E-state index in [0.717, 1.165) is 19.3 Å². The zero-order valence-electron chi connectivity index (χ0n) is 8.83. The van der Waals surface area contributed by atoms with Gasteiger partial charge < -0.3 is 4.74 Å².